The number of nitrogens with zero attached hydrogens (tertiary/aromatic N) is 7. The highest BCUT2D eigenvalue weighted by Gasteiger charge is 2.55. The molecule has 0 radical (unpaired) electrons. The van der Waals surface area contributed by atoms with E-state index in [0.29, 0.717) is 0 Å². The van der Waals surface area contributed by atoms with Crippen LogP contribution in [-0.2, 0) is 31.3 Å². The Hall–Kier alpha value is -2.85. The number of nitrogens with two attached hydrogens (primary N) is 2. The van der Waals surface area contributed by atoms with Crippen molar-refractivity contribution < 1.29 is 38.4 Å². The van der Waals surface area contributed by atoms with Gasteiger partial charge in [-0.3, -0.25) is 23.4 Å². The lowest BCUT2D eigenvalue weighted by Crippen LogP contribution is -2.48. The van der Waals surface area contributed by atoms with Crippen molar-refractivity contribution in [1.29, 1.82) is 0 Å². The molecule has 4 aromatic rings. The molecule has 0 saturated carbocycles. The van der Waals surface area contributed by atoms with Crippen molar-refractivity contribution >= 4 is 64.4 Å². The molecule has 22 heteroatoms. The number of nitrogen functional groups attached to an aromatic ring is 2. The molecule has 2 aliphatic heterocycles. The van der Waals surface area contributed by atoms with E-state index in [4.69, 9.17) is 37.1 Å². The first-order valence-corrected chi connectivity index (χ1v) is 15.8. The van der Waals surface area contributed by atoms with Gasteiger partial charge in [-0.1, -0.05) is 0 Å². The highest BCUT2D eigenvalue weighted by atomic mass is 32.5. The maximum atomic E-state index is 15.2. The fraction of sp³-hybridized carbons (Fsp3) is 0.500. The van der Waals surface area contributed by atoms with Crippen molar-refractivity contribution in [2.45, 2.75) is 41.7 Å². The minimum atomic E-state index is -4.33. The quantitative estimate of drug-likeness (QED) is 0.103. The molecule has 8 atom stereocenters. The summed E-state index contributed by atoms with van der Waals surface area (Å²) in [5.41, 5.74) is 9.09. The van der Waals surface area contributed by atoms with Gasteiger partial charge in [0.25, 0.3) is 5.56 Å². The first-order valence-electron chi connectivity index (χ1n) is 12.2. The largest absolute Gasteiger partial charge is 0.395 e. The van der Waals surface area contributed by atoms with E-state index < -0.39 is 67.2 Å². The van der Waals surface area contributed by atoms with Crippen LogP contribution < -0.4 is 17.0 Å². The molecule has 0 aromatic carbocycles. The molecule has 2 fully saturated rings. The molecule has 226 valence electrons. The van der Waals surface area contributed by atoms with Gasteiger partial charge in [0.1, 0.15) is 30.2 Å². The highest BCUT2D eigenvalue weighted by Crippen LogP contribution is 2.55. The summed E-state index contributed by atoms with van der Waals surface area (Å²) in [5, 5.41) is 30.8. The first kappa shape index (κ1) is 29.2. The Morgan fingerprint density at radius 2 is 2.00 bits per heavy atom. The predicted molar refractivity (Wildman–Crippen MR) is 148 cm³/mol. The average molecular weight is 647 g/mol. The van der Waals surface area contributed by atoms with Gasteiger partial charge < -0.3 is 40.9 Å². The molecule has 6 rings (SSSR count). The molecule has 4 aromatic heterocycles. The predicted octanol–water partition coefficient (Wildman–Crippen LogP) is -1.91. The fourth-order valence-electron chi connectivity index (χ4n) is 4.90. The van der Waals surface area contributed by atoms with Gasteiger partial charge in [0, 0.05) is 5.75 Å². The number of anilines is 2. The summed E-state index contributed by atoms with van der Waals surface area (Å²) in [7, 11) is 0. The summed E-state index contributed by atoms with van der Waals surface area (Å²) in [6.45, 7) is -5.41. The second-order valence-corrected chi connectivity index (χ2v) is 13.5. The molecule has 6 heterocycles. The van der Waals surface area contributed by atoms with Crippen LogP contribution in [0.15, 0.2) is 23.8 Å². The Balaban J connectivity index is 1.25. The van der Waals surface area contributed by atoms with Crippen LogP contribution >= 0.6 is 18.5 Å². The Bertz CT molecular complexity index is 1760. The number of aliphatic hydroxyl groups excluding tert-OH is 3. The van der Waals surface area contributed by atoms with Crippen LogP contribution in [0.2, 0.25) is 0 Å². The zero-order chi connectivity index (χ0) is 30.0. The van der Waals surface area contributed by atoms with E-state index >= 15 is 4.39 Å². The minimum Gasteiger partial charge on any atom is -0.395 e. The maximum absolute atomic E-state index is 15.2. The third kappa shape index (κ3) is 4.75. The van der Waals surface area contributed by atoms with E-state index in [1.54, 1.807) is 0 Å². The standard InChI is InChI=1S/C20H24FN10O8PS2/c21-9-12(33)7(38-18(9)30-5-26-10-14(22)24-4-25-15(10)30)2-37-40(36,41)39-20(3-42-8(1-32)13(20)34)31-6-27-11-16(31)28-19(23)29-17(11)35/h4-9,12-13,18,32-34H,1-3H2,(H,36,41)(H2,22,24,25)(H3,23,28,29,35)/t7-,8-,9+,12-,13-,18-,20-,40?/m1/s1. The maximum Gasteiger partial charge on any atom is 0.326 e. The smallest absolute Gasteiger partial charge is 0.326 e. The number of rotatable bonds is 8. The number of ether oxygens (including phenoxy) is 1. The molecule has 0 bridgehead atoms. The van der Waals surface area contributed by atoms with Gasteiger partial charge in [0.2, 0.25) is 5.95 Å². The molecule has 42 heavy (non-hydrogen) atoms. The van der Waals surface area contributed by atoms with Gasteiger partial charge in [-0.2, -0.15) is 4.98 Å². The summed E-state index contributed by atoms with van der Waals surface area (Å²) in [4.78, 5) is 45.8. The summed E-state index contributed by atoms with van der Waals surface area (Å²) in [6, 6.07) is 0. The van der Waals surface area contributed by atoms with Crippen molar-refractivity contribution in [2.24, 2.45) is 0 Å². The number of aliphatic hydroxyl groups is 3. The number of aromatic amines is 1. The lowest BCUT2D eigenvalue weighted by atomic mass is 10.1. The number of halogens is 1. The van der Waals surface area contributed by atoms with E-state index in [1.807, 2.05) is 0 Å². The Morgan fingerprint density at radius 1 is 1.24 bits per heavy atom. The Labute approximate surface area is 243 Å². The zero-order valence-corrected chi connectivity index (χ0v) is 23.7. The number of thioether (sulfide) groups is 1. The molecule has 9 N–H and O–H groups in total. The first-order chi connectivity index (χ1) is 20.0. The van der Waals surface area contributed by atoms with Crippen molar-refractivity contribution in [1.82, 2.24) is 39.0 Å². The van der Waals surface area contributed by atoms with Crippen LogP contribution in [0, 0.1) is 0 Å². The van der Waals surface area contributed by atoms with E-state index in [0.717, 1.165) is 18.1 Å². The zero-order valence-electron chi connectivity index (χ0n) is 21.2. The highest BCUT2D eigenvalue weighted by molar-refractivity contribution is 8.07. The number of alkyl halides is 1. The topological polar surface area (TPSA) is 268 Å². The van der Waals surface area contributed by atoms with E-state index in [9.17, 15) is 25.0 Å². The summed E-state index contributed by atoms with van der Waals surface area (Å²) in [6.07, 6.45) is -4.30. The molecule has 0 aliphatic carbocycles. The van der Waals surface area contributed by atoms with Crippen LogP contribution in [0.4, 0.5) is 16.2 Å². The van der Waals surface area contributed by atoms with Gasteiger partial charge in [-0.25, -0.2) is 24.3 Å². The second kappa shape index (κ2) is 10.7. The summed E-state index contributed by atoms with van der Waals surface area (Å²) in [5.74, 6) is -0.258. The van der Waals surface area contributed by atoms with Crippen LogP contribution in [0.3, 0.4) is 0 Å². The molecule has 18 nitrogen and oxygen atoms in total. The van der Waals surface area contributed by atoms with Crippen molar-refractivity contribution in [3.8, 4) is 0 Å². The minimum absolute atomic E-state index is 0.0727. The molecular formula is C20H24FN10O8PS2. The SMILES string of the molecule is Nc1nc2c(ncn2[C@@]2(OP(O)(=S)OC[C@H]3O[C@@H](n4cnc5c(N)ncnc54)[C@@H](F)[C@@H]3O)CS[C@H](CO)[C@H]2O)c(=O)[nH]1. The van der Waals surface area contributed by atoms with Crippen LogP contribution in [0.1, 0.15) is 6.23 Å². The van der Waals surface area contributed by atoms with Crippen molar-refractivity contribution in [3.05, 3.63) is 29.3 Å². The molecule has 2 aliphatic rings. The number of imidazole rings is 2. The molecule has 0 amide bonds. The average Bonchev–Trinajstić information content (AvgIpc) is 3.70. The third-order valence-electron chi connectivity index (χ3n) is 6.96. The second-order valence-electron chi connectivity index (χ2n) is 9.50. The van der Waals surface area contributed by atoms with E-state index in [1.165, 1.54) is 21.8 Å². The Kier molecular flexibility index (Phi) is 7.45. The number of hydrogen-bond acceptors (Lipinski definition) is 16. The Morgan fingerprint density at radius 3 is 2.74 bits per heavy atom. The number of hydrogen-bond donors (Lipinski definition) is 7. The lowest BCUT2D eigenvalue weighted by Gasteiger charge is -2.36. The fourth-order valence-corrected chi connectivity index (χ4v) is 7.93. The molecule has 2 saturated heterocycles. The summed E-state index contributed by atoms with van der Waals surface area (Å²) >= 11 is 6.33. The van der Waals surface area contributed by atoms with Gasteiger partial charge in [0.05, 0.1) is 31.1 Å². The van der Waals surface area contributed by atoms with Crippen molar-refractivity contribution in [3.63, 3.8) is 0 Å². The number of nitrogens with one attached hydrogen (secondary N) is 1. The summed E-state index contributed by atoms with van der Waals surface area (Å²) < 4.78 is 34.7. The lowest BCUT2D eigenvalue weighted by molar-refractivity contribution is -0.102. The van der Waals surface area contributed by atoms with Gasteiger partial charge in [-0.15, -0.1) is 11.8 Å². The molecular weight excluding hydrogens is 622 g/mol. The monoisotopic (exact) mass is 646 g/mol. The van der Waals surface area contributed by atoms with Gasteiger partial charge >= 0.3 is 6.72 Å². The van der Waals surface area contributed by atoms with Crippen LogP contribution in [0.5, 0.6) is 0 Å². The van der Waals surface area contributed by atoms with E-state index in [2.05, 4.69) is 29.9 Å². The van der Waals surface area contributed by atoms with Crippen LogP contribution in [-0.4, -0.2) is 108 Å². The van der Waals surface area contributed by atoms with E-state index in [-0.39, 0.29) is 39.8 Å². The van der Waals surface area contributed by atoms with Gasteiger partial charge in [0.15, 0.2) is 40.8 Å². The van der Waals surface area contributed by atoms with Crippen LogP contribution in [0.25, 0.3) is 22.3 Å². The normalized spacial score (nSPS) is 31.3. The third-order valence-corrected chi connectivity index (χ3v) is 9.94. The van der Waals surface area contributed by atoms with Crippen molar-refractivity contribution in [2.75, 3.05) is 30.4 Å². The van der Waals surface area contributed by atoms with Gasteiger partial charge in [-0.05, 0) is 11.8 Å². The molecule has 0 spiro atoms. The molecule has 1 unspecified atom stereocenters. The number of aromatic nitrogens is 8. The number of fused-ring (bicyclic) bond motifs is 2. The number of H-pyrrole nitrogens is 1.